The molecule has 200 valence electrons. The van der Waals surface area contributed by atoms with Gasteiger partial charge in [0.05, 0.1) is 0 Å². The number of hydrogen-bond acceptors (Lipinski definition) is 2. The maximum Gasteiger partial charge on any atom is 0.226 e. The van der Waals surface area contributed by atoms with Gasteiger partial charge in [0, 0.05) is 43.6 Å². The summed E-state index contributed by atoms with van der Waals surface area (Å²) in [4.78, 5) is 31.0. The summed E-state index contributed by atoms with van der Waals surface area (Å²) < 4.78 is 0. The molecule has 4 heteroatoms. The van der Waals surface area contributed by atoms with Gasteiger partial charge in [-0.05, 0) is 72.8 Å². The number of likely N-dealkylation sites (tertiary alicyclic amines) is 1. The van der Waals surface area contributed by atoms with E-state index in [1.165, 1.54) is 16.8 Å². The standard InChI is InChI=1S/C34H42N2O2/c1-33-20-18-28-26(14-17-30-34(28,2)21-19-31(37)35(30)3)27(33)15-16-29(33)32(38)36(22-24-10-6-4-7-11-24)23-25-12-8-5-9-13-25/h4-13,17,26-29H,14-16,18-23H2,1-3H3/t26-,27-,28+,29?,33-,34+/m0/s1. The Morgan fingerprint density at radius 3 is 2.16 bits per heavy atom. The quantitative estimate of drug-likeness (QED) is 0.443. The normalized spacial score (nSPS) is 34.1. The molecule has 1 heterocycles. The van der Waals surface area contributed by atoms with E-state index in [4.69, 9.17) is 0 Å². The van der Waals surface area contributed by atoms with Crippen molar-refractivity contribution in [2.24, 2.45) is 34.5 Å². The molecule has 4 aliphatic rings. The van der Waals surface area contributed by atoms with Crippen molar-refractivity contribution in [3.05, 3.63) is 83.6 Å². The van der Waals surface area contributed by atoms with Crippen LogP contribution in [-0.2, 0) is 22.7 Å². The molecule has 4 nitrogen and oxygen atoms in total. The number of carbonyl (C=O) groups is 2. The molecule has 2 amide bonds. The molecule has 0 bridgehead atoms. The van der Waals surface area contributed by atoms with E-state index in [9.17, 15) is 9.59 Å². The predicted octanol–water partition coefficient (Wildman–Crippen LogP) is 6.82. The third-order valence-electron chi connectivity index (χ3n) is 11.1. The monoisotopic (exact) mass is 510 g/mol. The Labute approximate surface area is 228 Å². The van der Waals surface area contributed by atoms with Crippen LogP contribution in [0.5, 0.6) is 0 Å². The fourth-order valence-corrected chi connectivity index (χ4v) is 9.03. The Morgan fingerprint density at radius 2 is 1.53 bits per heavy atom. The zero-order valence-electron chi connectivity index (χ0n) is 23.2. The lowest BCUT2D eigenvalue weighted by atomic mass is 9.49. The highest BCUT2D eigenvalue weighted by atomic mass is 16.2. The average molecular weight is 511 g/mol. The molecule has 6 atom stereocenters. The highest BCUT2D eigenvalue weighted by molar-refractivity contribution is 5.81. The SMILES string of the molecule is CN1C(=O)CC[C@@]2(C)C1=CC[C@@H]1[C@H]2CC[C@]2(C)C(C(=O)N(Cc3ccccc3)Cc3ccccc3)CC[C@@H]12. The van der Waals surface area contributed by atoms with Gasteiger partial charge in [0.1, 0.15) is 0 Å². The molecule has 1 aliphatic heterocycles. The number of nitrogens with zero attached hydrogens (tertiary/aromatic N) is 2. The Bertz CT molecular complexity index is 1180. The molecule has 1 saturated heterocycles. The summed E-state index contributed by atoms with van der Waals surface area (Å²) in [5, 5.41) is 0. The maximum absolute atomic E-state index is 14.4. The summed E-state index contributed by atoms with van der Waals surface area (Å²) in [6.45, 7) is 6.16. The van der Waals surface area contributed by atoms with Gasteiger partial charge in [0.25, 0.3) is 0 Å². The van der Waals surface area contributed by atoms with Crippen LogP contribution in [0.2, 0.25) is 0 Å². The van der Waals surface area contributed by atoms with E-state index in [0.29, 0.717) is 43.2 Å². The number of hydrogen-bond donors (Lipinski definition) is 0. The van der Waals surface area contributed by atoms with E-state index in [1.807, 2.05) is 24.1 Å². The van der Waals surface area contributed by atoms with E-state index in [2.05, 4.69) is 73.4 Å². The number of carbonyl (C=O) groups excluding carboxylic acids is 2. The first-order chi connectivity index (χ1) is 18.3. The molecule has 3 fully saturated rings. The van der Waals surface area contributed by atoms with Crippen LogP contribution in [0.15, 0.2) is 72.4 Å². The zero-order valence-corrected chi connectivity index (χ0v) is 23.2. The summed E-state index contributed by atoms with van der Waals surface area (Å²) in [7, 11) is 1.97. The molecule has 2 saturated carbocycles. The molecule has 2 aromatic rings. The van der Waals surface area contributed by atoms with Crippen LogP contribution in [0.1, 0.15) is 69.9 Å². The average Bonchev–Trinajstić information content (AvgIpc) is 3.29. The van der Waals surface area contributed by atoms with Crippen LogP contribution >= 0.6 is 0 Å². The van der Waals surface area contributed by atoms with Gasteiger partial charge in [-0.1, -0.05) is 80.6 Å². The predicted molar refractivity (Wildman–Crippen MR) is 150 cm³/mol. The second-order valence-corrected chi connectivity index (χ2v) is 12.9. The second kappa shape index (κ2) is 9.70. The number of allylic oxidation sites excluding steroid dienone is 2. The minimum atomic E-state index is 0.0436. The van der Waals surface area contributed by atoms with E-state index < -0.39 is 0 Å². The summed E-state index contributed by atoms with van der Waals surface area (Å²) in [6, 6.07) is 20.9. The van der Waals surface area contributed by atoms with Crippen LogP contribution in [0.3, 0.4) is 0 Å². The highest BCUT2D eigenvalue weighted by Crippen LogP contribution is 2.66. The van der Waals surface area contributed by atoms with Crippen LogP contribution in [0.4, 0.5) is 0 Å². The summed E-state index contributed by atoms with van der Waals surface area (Å²) in [5.74, 6) is 2.46. The molecule has 6 rings (SSSR count). The minimum Gasteiger partial charge on any atom is -0.334 e. The van der Waals surface area contributed by atoms with Gasteiger partial charge in [-0.2, -0.15) is 0 Å². The molecule has 3 aliphatic carbocycles. The zero-order chi connectivity index (χ0) is 26.5. The van der Waals surface area contributed by atoms with Crippen molar-refractivity contribution in [2.75, 3.05) is 7.05 Å². The first kappa shape index (κ1) is 25.4. The number of rotatable bonds is 5. The molecule has 0 spiro atoms. The van der Waals surface area contributed by atoms with Crippen LogP contribution in [0, 0.1) is 34.5 Å². The van der Waals surface area contributed by atoms with Crippen molar-refractivity contribution in [3.8, 4) is 0 Å². The molecular weight excluding hydrogens is 468 g/mol. The van der Waals surface area contributed by atoms with Gasteiger partial charge < -0.3 is 9.80 Å². The first-order valence-electron chi connectivity index (χ1n) is 14.6. The Hall–Kier alpha value is -2.88. The Balaban J connectivity index is 1.27. The van der Waals surface area contributed by atoms with Gasteiger partial charge in [0.2, 0.25) is 11.8 Å². The third kappa shape index (κ3) is 4.12. The van der Waals surface area contributed by atoms with Crippen molar-refractivity contribution < 1.29 is 9.59 Å². The Kier molecular flexibility index (Phi) is 6.48. The third-order valence-corrected chi connectivity index (χ3v) is 11.1. The van der Waals surface area contributed by atoms with E-state index >= 15 is 0 Å². The maximum atomic E-state index is 14.4. The van der Waals surface area contributed by atoms with Crippen molar-refractivity contribution in [1.29, 1.82) is 0 Å². The summed E-state index contributed by atoms with van der Waals surface area (Å²) >= 11 is 0. The molecule has 1 unspecified atom stereocenters. The van der Waals surface area contributed by atoms with Crippen LogP contribution in [-0.4, -0.2) is 28.7 Å². The van der Waals surface area contributed by atoms with Gasteiger partial charge in [-0.3, -0.25) is 9.59 Å². The smallest absolute Gasteiger partial charge is 0.226 e. The number of piperidine rings is 1. The molecule has 0 N–H and O–H groups in total. The van der Waals surface area contributed by atoms with Crippen molar-refractivity contribution in [1.82, 2.24) is 9.80 Å². The number of fused-ring (bicyclic) bond motifs is 5. The first-order valence-corrected chi connectivity index (χ1v) is 14.6. The lowest BCUT2D eigenvalue weighted by molar-refractivity contribution is -0.145. The largest absolute Gasteiger partial charge is 0.334 e. The fraction of sp³-hybridized carbons (Fsp3) is 0.529. The van der Waals surface area contributed by atoms with Crippen molar-refractivity contribution >= 4 is 11.8 Å². The second-order valence-electron chi connectivity index (χ2n) is 12.9. The fourth-order valence-electron chi connectivity index (χ4n) is 9.03. The lowest BCUT2D eigenvalue weighted by Gasteiger charge is -2.58. The van der Waals surface area contributed by atoms with Gasteiger partial charge in [0.15, 0.2) is 0 Å². The summed E-state index contributed by atoms with van der Waals surface area (Å²) in [5.41, 5.74) is 3.77. The number of benzene rings is 2. The lowest BCUT2D eigenvalue weighted by Crippen LogP contribution is -2.54. The molecule has 2 aromatic carbocycles. The molecule has 0 aromatic heterocycles. The molecular formula is C34H42N2O2. The Morgan fingerprint density at radius 1 is 0.895 bits per heavy atom. The molecule has 38 heavy (non-hydrogen) atoms. The van der Waals surface area contributed by atoms with Crippen molar-refractivity contribution in [2.45, 2.75) is 71.9 Å². The highest BCUT2D eigenvalue weighted by Gasteiger charge is 2.60. The van der Waals surface area contributed by atoms with Gasteiger partial charge in [-0.25, -0.2) is 0 Å². The van der Waals surface area contributed by atoms with Crippen LogP contribution < -0.4 is 0 Å². The number of amides is 2. The van der Waals surface area contributed by atoms with E-state index in [0.717, 1.165) is 38.5 Å². The molecule has 0 radical (unpaired) electrons. The van der Waals surface area contributed by atoms with Gasteiger partial charge >= 0.3 is 0 Å². The van der Waals surface area contributed by atoms with E-state index in [1.54, 1.807) is 0 Å². The van der Waals surface area contributed by atoms with Crippen LogP contribution in [0.25, 0.3) is 0 Å². The van der Waals surface area contributed by atoms with Crippen molar-refractivity contribution in [3.63, 3.8) is 0 Å². The topological polar surface area (TPSA) is 40.6 Å². The summed E-state index contributed by atoms with van der Waals surface area (Å²) in [6.07, 6.45) is 9.47. The van der Waals surface area contributed by atoms with E-state index in [-0.39, 0.29) is 22.7 Å². The minimum absolute atomic E-state index is 0.0436. The van der Waals surface area contributed by atoms with Gasteiger partial charge in [-0.15, -0.1) is 0 Å².